The molecule has 0 spiro atoms. The Hall–Kier alpha value is -2.49. The van der Waals surface area contributed by atoms with Gasteiger partial charge in [-0.1, -0.05) is 28.1 Å². The number of nitrogens with one attached hydrogen (secondary N) is 1. The Morgan fingerprint density at radius 1 is 1.07 bits per heavy atom. The highest BCUT2D eigenvalue weighted by Crippen LogP contribution is 2.23. The average molecular weight is 465 g/mol. The Labute approximate surface area is 170 Å². The highest BCUT2D eigenvalue weighted by Gasteiger charge is 2.24. The Morgan fingerprint density at radius 3 is 2.39 bits per heavy atom. The van der Waals surface area contributed by atoms with E-state index in [1.165, 1.54) is 40.7 Å². The lowest BCUT2D eigenvalue weighted by molar-refractivity contribution is 0.0698. The highest BCUT2D eigenvalue weighted by molar-refractivity contribution is 9.10. The summed E-state index contributed by atoms with van der Waals surface area (Å²) in [5.74, 6) is -1.71. The molecule has 2 N–H and O–H groups in total. The Bertz CT molecular complexity index is 1050. The van der Waals surface area contributed by atoms with Gasteiger partial charge in [0.25, 0.3) is 5.91 Å². The van der Waals surface area contributed by atoms with Crippen molar-refractivity contribution >= 4 is 43.5 Å². The van der Waals surface area contributed by atoms with Gasteiger partial charge in [0.2, 0.25) is 10.0 Å². The molecule has 1 aliphatic rings. The number of hydrogen-bond donors (Lipinski definition) is 2. The lowest BCUT2D eigenvalue weighted by Crippen LogP contribution is -2.33. The van der Waals surface area contributed by atoms with E-state index in [1.807, 2.05) is 6.08 Å². The third kappa shape index (κ3) is 4.32. The number of amides is 1. The minimum absolute atomic E-state index is 0.0555. The summed E-state index contributed by atoms with van der Waals surface area (Å²) in [7, 11) is -3.62. The van der Waals surface area contributed by atoms with Gasteiger partial charge in [0, 0.05) is 23.1 Å². The number of carboxylic acid groups (broad SMARTS) is 1. The van der Waals surface area contributed by atoms with Crippen molar-refractivity contribution in [3.63, 3.8) is 0 Å². The van der Waals surface area contributed by atoms with Gasteiger partial charge in [-0.3, -0.25) is 4.79 Å². The van der Waals surface area contributed by atoms with Crippen molar-refractivity contribution in [2.24, 2.45) is 0 Å². The molecule has 1 heterocycles. The van der Waals surface area contributed by atoms with Crippen LogP contribution in [-0.2, 0) is 10.0 Å². The second kappa shape index (κ2) is 8.26. The van der Waals surface area contributed by atoms with Crippen molar-refractivity contribution in [3.8, 4) is 0 Å². The summed E-state index contributed by atoms with van der Waals surface area (Å²) in [5, 5.41) is 11.8. The molecular formula is C19H17BrN2O5S. The number of rotatable bonds is 5. The topological polar surface area (TPSA) is 104 Å². The molecule has 1 amide bonds. The van der Waals surface area contributed by atoms with Crippen LogP contribution in [0.4, 0.5) is 5.69 Å². The number of aromatic carboxylic acids is 1. The van der Waals surface area contributed by atoms with E-state index in [0.717, 1.165) is 0 Å². The van der Waals surface area contributed by atoms with Crippen molar-refractivity contribution in [1.29, 1.82) is 0 Å². The smallest absolute Gasteiger partial charge is 0.337 e. The summed E-state index contributed by atoms with van der Waals surface area (Å²) in [4.78, 5) is 23.9. The lowest BCUT2D eigenvalue weighted by Gasteiger charge is -2.22. The Kier molecular flexibility index (Phi) is 5.97. The van der Waals surface area contributed by atoms with Crippen molar-refractivity contribution in [2.75, 3.05) is 18.4 Å². The molecule has 0 aliphatic carbocycles. The SMILES string of the molecule is O=C(Nc1ccc(Br)cc1C(=O)O)c1ccc(S(=O)(=O)N2CC=CCC2)cc1. The van der Waals surface area contributed by atoms with Gasteiger partial charge in [-0.25, -0.2) is 13.2 Å². The molecular weight excluding hydrogens is 448 g/mol. The van der Waals surface area contributed by atoms with E-state index in [2.05, 4.69) is 21.2 Å². The van der Waals surface area contributed by atoms with E-state index in [4.69, 9.17) is 0 Å². The monoisotopic (exact) mass is 464 g/mol. The van der Waals surface area contributed by atoms with Crippen LogP contribution in [0.2, 0.25) is 0 Å². The van der Waals surface area contributed by atoms with Gasteiger partial charge in [-0.2, -0.15) is 4.31 Å². The van der Waals surface area contributed by atoms with Crippen molar-refractivity contribution in [3.05, 3.63) is 70.2 Å². The number of carboxylic acids is 1. The Morgan fingerprint density at radius 2 is 1.79 bits per heavy atom. The van der Waals surface area contributed by atoms with Crippen LogP contribution in [0.1, 0.15) is 27.1 Å². The zero-order chi connectivity index (χ0) is 20.3. The zero-order valence-corrected chi connectivity index (χ0v) is 17.0. The maximum absolute atomic E-state index is 12.6. The quantitative estimate of drug-likeness (QED) is 0.660. The van der Waals surface area contributed by atoms with E-state index in [0.29, 0.717) is 24.0 Å². The molecule has 9 heteroatoms. The van der Waals surface area contributed by atoms with Crippen LogP contribution < -0.4 is 5.32 Å². The van der Waals surface area contributed by atoms with Gasteiger partial charge in [0.05, 0.1) is 16.1 Å². The number of sulfonamides is 1. The third-order valence-electron chi connectivity index (χ3n) is 4.24. The largest absolute Gasteiger partial charge is 0.478 e. The van der Waals surface area contributed by atoms with E-state index < -0.39 is 21.9 Å². The molecule has 0 fully saturated rings. The number of nitrogens with zero attached hydrogens (tertiary/aromatic N) is 1. The molecule has 0 unspecified atom stereocenters. The van der Waals surface area contributed by atoms with Gasteiger partial charge in [-0.15, -0.1) is 0 Å². The normalized spacial score (nSPS) is 14.6. The van der Waals surface area contributed by atoms with Gasteiger partial charge in [-0.05, 0) is 48.9 Å². The lowest BCUT2D eigenvalue weighted by atomic mass is 10.1. The van der Waals surface area contributed by atoms with E-state index in [1.54, 1.807) is 12.1 Å². The number of anilines is 1. The predicted molar refractivity (Wildman–Crippen MR) is 108 cm³/mol. The van der Waals surface area contributed by atoms with E-state index in [9.17, 15) is 23.1 Å². The fraction of sp³-hybridized carbons (Fsp3) is 0.158. The zero-order valence-electron chi connectivity index (χ0n) is 14.6. The van der Waals surface area contributed by atoms with Gasteiger partial charge < -0.3 is 10.4 Å². The first kappa shape index (κ1) is 20.2. The summed E-state index contributed by atoms with van der Waals surface area (Å²) in [6.07, 6.45) is 4.41. The fourth-order valence-electron chi connectivity index (χ4n) is 2.76. The minimum atomic E-state index is -3.62. The van der Waals surface area contributed by atoms with Crippen LogP contribution in [0.3, 0.4) is 0 Å². The van der Waals surface area contributed by atoms with Crippen molar-refractivity contribution in [2.45, 2.75) is 11.3 Å². The van der Waals surface area contributed by atoms with Crippen LogP contribution in [-0.4, -0.2) is 42.8 Å². The van der Waals surface area contributed by atoms with Crippen LogP contribution in [0.5, 0.6) is 0 Å². The third-order valence-corrected chi connectivity index (χ3v) is 6.61. The first-order valence-corrected chi connectivity index (χ1v) is 10.6. The molecule has 2 aromatic rings. The highest BCUT2D eigenvalue weighted by atomic mass is 79.9. The molecule has 0 saturated heterocycles. The van der Waals surface area contributed by atoms with Gasteiger partial charge in [0.15, 0.2) is 0 Å². The Balaban J connectivity index is 1.79. The second-order valence-electron chi connectivity index (χ2n) is 6.10. The van der Waals surface area contributed by atoms with Crippen LogP contribution >= 0.6 is 15.9 Å². The number of hydrogen-bond acceptors (Lipinski definition) is 4. The summed E-state index contributed by atoms with van der Waals surface area (Å²) < 4.78 is 27.2. The number of carbonyl (C=O) groups is 2. The predicted octanol–water partition coefficient (Wildman–Crippen LogP) is 3.35. The van der Waals surface area contributed by atoms with E-state index >= 15 is 0 Å². The molecule has 0 radical (unpaired) electrons. The summed E-state index contributed by atoms with van der Waals surface area (Å²) in [6, 6.07) is 10.0. The summed E-state index contributed by atoms with van der Waals surface area (Å²) in [6.45, 7) is 0.745. The van der Waals surface area contributed by atoms with Crippen molar-refractivity contribution < 1.29 is 23.1 Å². The summed E-state index contributed by atoms with van der Waals surface area (Å²) in [5.41, 5.74) is 0.314. The van der Waals surface area contributed by atoms with Crippen LogP contribution in [0, 0.1) is 0 Å². The van der Waals surface area contributed by atoms with Gasteiger partial charge >= 0.3 is 5.97 Å². The fourth-order valence-corrected chi connectivity index (χ4v) is 4.53. The molecule has 1 aliphatic heterocycles. The molecule has 0 aromatic heterocycles. The second-order valence-corrected chi connectivity index (χ2v) is 8.95. The molecule has 3 rings (SSSR count). The van der Waals surface area contributed by atoms with E-state index in [-0.39, 0.29) is 21.7 Å². The summed E-state index contributed by atoms with van der Waals surface area (Å²) >= 11 is 3.19. The molecule has 0 saturated carbocycles. The van der Waals surface area contributed by atoms with Crippen LogP contribution in [0.25, 0.3) is 0 Å². The maximum atomic E-state index is 12.6. The maximum Gasteiger partial charge on any atom is 0.337 e. The van der Waals surface area contributed by atoms with Crippen LogP contribution in [0.15, 0.2) is 64.0 Å². The first-order chi connectivity index (χ1) is 13.3. The van der Waals surface area contributed by atoms with Gasteiger partial charge in [0.1, 0.15) is 0 Å². The molecule has 2 aromatic carbocycles. The standard InChI is InChI=1S/C19H17BrN2O5S/c20-14-6-9-17(16(12-14)19(24)25)21-18(23)13-4-7-15(8-5-13)28(26,27)22-10-2-1-3-11-22/h1-2,4-9,12H,3,10-11H2,(H,21,23)(H,24,25). The first-order valence-electron chi connectivity index (χ1n) is 8.38. The molecule has 0 bridgehead atoms. The molecule has 28 heavy (non-hydrogen) atoms. The van der Waals surface area contributed by atoms with Crippen molar-refractivity contribution in [1.82, 2.24) is 4.31 Å². The minimum Gasteiger partial charge on any atom is -0.478 e. The number of carbonyl (C=O) groups excluding carboxylic acids is 1. The number of halogens is 1. The molecule has 7 nitrogen and oxygen atoms in total. The average Bonchev–Trinajstić information content (AvgIpc) is 2.70. The molecule has 146 valence electrons. The molecule has 0 atom stereocenters. The number of benzene rings is 2.